The van der Waals surface area contributed by atoms with Crippen molar-refractivity contribution in [1.29, 1.82) is 0 Å². The zero-order valence-electron chi connectivity index (χ0n) is 3.86. The van der Waals surface area contributed by atoms with E-state index in [1.165, 1.54) is 0 Å². The molecular formula is C3H3NO4-. The first-order valence-electron chi connectivity index (χ1n) is 1.79. The van der Waals surface area contributed by atoms with Gasteiger partial charge < -0.3 is 10.0 Å². The number of carbonyl (C=O) groups is 2. The third kappa shape index (κ3) is 2.27. The van der Waals surface area contributed by atoms with Crippen LogP contribution >= 0.6 is 0 Å². The largest absolute Gasteiger partial charge is 0.729 e. The lowest BCUT2D eigenvalue weighted by Crippen LogP contribution is -2.18. The Labute approximate surface area is 45.0 Å². The Kier molecular flexibility index (Phi) is 2.75. The van der Waals surface area contributed by atoms with Crippen LogP contribution in [0.25, 0.3) is 0 Å². The molecule has 0 aliphatic carbocycles. The molecule has 1 amide bonds. The van der Waals surface area contributed by atoms with Gasteiger partial charge in [-0.15, -0.1) is 0 Å². The van der Waals surface area contributed by atoms with Gasteiger partial charge in [-0.05, 0) is 0 Å². The van der Waals surface area contributed by atoms with Crippen molar-refractivity contribution in [1.82, 2.24) is 5.23 Å². The maximum absolute atomic E-state index is 9.81. The molecule has 0 aromatic heterocycles. The van der Waals surface area contributed by atoms with Crippen LogP contribution in [0.2, 0.25) is 0 Å². The SMILES string of the molecule is [O]N([O-])C(=O)CC=O. The quantitative estimate of drug-likeness (QED) is 0.271. The zero-order valence-corrected chi connectivity index (χ0v) is 3.86. The summed E-state index contributed by atoms with van der Waals surface area (Å²) in [5.74, 6) is -1.26. The average molecular weight is 117 g/mol. The highest BCUT2D eigenvalue weighted by atomic mass is 16.8. The van der Waals surface area contributed by atoms with Crippen molar-refractivity contribution in [3.63, 3.8) is 0 Å². The summed E-state index contributed by atoms with van der Waals surface area (Å²) in [7, 11) is 0. The van der Waals surface area contributed by atoms with Crippen LogP contribution in [0.3, 0.4) is 0 Å². The first kappa shape index (κ1) is 7.06. The van der Waals surface area contributed by atoms with E-state index >= 15 is 0 Å². The highest BCUT2D eigenvalue weighted by Gasteiger charge is 1.98. The maximum Gasteiger partial charge on any atom is 0.245 e. The Morgan fingerprint density at radius 1 is 1.75 bits per heavy atom. The molecule has 0 saturated heterocycles. The molecule has 0 aromatic carbocycles. The number of hydrogen-bond donors (Lipinski definition) is 0. The Balaban J connectivity index is 3.48. The smallest absolute Gasteiger partial charge is 0.245 e. The molecule has 8 heavy (non-hydrogen) atoms. The van der Waals surface area contributed by atoms with E-state index in [1.54, 1.807) is 0 Å². The molecule has 0 bridgehead atoms. The third-order valence-corrected chi connectivity index (χ3v) is 0.462. The van der Waals surface area contributed by atoms with Gasteiger partial charge in [-0.1, -0.05) is 5.21 Å². The van der Waals surface area contributed by atoms with E-state index in [0.717, 1.165) is 0 Å². The van der Waals surface area contributed by atoms with Gasteiger partial charge >= 0.3 is 0 Å². The van der Waals surface area contributed by atoms with Crippen LogP contribution in [0.15, 0.2) is 0 Å². The molecule has 0 aliphatic rings. The Morgan fingerprint density at radius 3 is 2.38 bits per heavy atom. The number of amides is 1. The van der Waals surface area contributed by atoms with Gasteiger partial charge in [0.2, 0.25) is 5.91 Å². The molecule has 0 rings (SSSR count). The van der Waals surface area contributed by atoms with Crippen LogP contribution < -0.4 is 0 Å². The third-order valence-electron chi connectivity index (χ3n) is 0.462. The Bertz CT molecular complexity index is 99.5. The summed E-state index contributed by atoms with van der Waals surface area (Å²) in [6.45, 7) is 0. The Hall–Kier alpha value is -0.940. The molecule has 0 saturated carbocycles. The van der Waals surface area contributed by atoms with Gasteiger partial charge in [0.25, 0.3) is 0 Å². The molecule has 0 fully saturated rings. The fourth-order valence-electron chi connectivity index (χ4n) is 0.146. The predicted molar refractivity (Wildman–Crippen MR) is 21.6 cm³/mol. The van der Waals surface area contributed by atoms with Crippen LogP contribution in [0.4, 0.5) is 0 Å². The van der Waals surface area contributed by atoms with Gasteiger partial charge in [0.15, 0.2) is 0 Å². The number of nitrogens with zero attached hydrogens (tertiary/aromatic N) is 1. The minimum Gasteiger partial charge on any atom is -0.729 e. The van der Waals surface area contributed by atoms with E-state index in [-0.39, 0.29) is 6.29 Å². The van der Waals surface area contributed by atoms with Crippen molar-refractivity contribution in [2.24, 2.45) is 0 Å². The highest BCUT2D eigenvalue weighted by molar-refractivity contribution is 5.87. The number of aldehydes is 1. The Morgan fingerprint density at radius 2 is 2.25 bits per heavy atom. The van der Waals surface area contributed by atoms with E-state index < -0.39 is 17.6 Å². The van der Waals surface area contributed by atoms with Crippen molar-refractivity contribution in [3.05, 3.63) is 5.21 Å². The average Bonchev–Trinajstić information content (AvgIpc) is 1.67. The van der Waals surface area contributed by atoms with Gasteiger partial charge in [-0.3, -0.25) is 10.0 Å². The molecule has 0 spiro atoms. The second-order valence-electron chi connectivity index (χ2n) is 1.02. The summed E-state index contributed by atoms with van der Waals surface area (Å²) in [6.07, 6.45) is -0.432. The standard InChI is InChI=1S/C3H3NO4/c5-2-1-3(6)4(7)8/h2H,1H2/q-1. The van der Waals surface area contributed by atoms with Gasteiger partial charge in [-0.2, -0.15) is 0 Å². The summed E-state index contributed by atoms with van der Waals surface area (Å²) in [6, 6.07) is 0. The number of hydrogen-bond acceptors (Lipinski definition) is 3. The highest BCUT2D eigenvalue weighted by Crippen LogP contribution is 1.82. The van der Waals surface area contributed by atoms with Crippen molar-refractivity contribution in [3.8, 4) is 0 Å². The molecule has 0 aromatic rings. The summed E-state index contributed by atoms with van der Waals surface area (Å²) in [5.41, 5.74) is 0. The van der Waals surface area contributed by atoms with E-state index in [4.69, 9.17) is 0 Å². The first-order chi connectivity index (χ1) is 3.68. The molecule has 0 unspecified atom stereocenters. The van der Waals surface area contributed by atoms with Crippen LogP contribution in [0.1, 0.15) is 6.42 Å². The topological polar surface area (TPSA) is 80.3 Å². The minimum absolute atomic E-state index is 0.200. The van der Waals surface area contributed by atoms with Gasteiger partial charge in [0.1, 0.15) is 6.29 Å². The lowest BCUT2D eigenvalue weighted by Gasteiger charge is -2.12. The number of hydroxylamine groups is 2. The summed E-state index contributed by atoms with van der Waals surface area (Å²) in [4.78, 5) is 19.2. The van der Waals surface area contributed by atoms with E-state index in [0.29, 0.717) is 0 Å². The molecule has 0 atom stereocenters. The molecule has 5 nitrogen and oxygen atoms in total. The second-order valence-corrected chi connectivity index (χ2v) is 1.02. The van der Waals surface area contributed by atoms with Crippen molar-refractivity contribution < 1.29 is 14.8 Å². The fraction of sp³-hybridized carbons (Fsp3) is 0.333. The van der Waals surface area contributed by atoms with E-state index in [9.17, 15) is 20.0 Å². The van der Waals surface area contributed by atoms with Crippen molar-refractivity contribution >= 4 is 12.2 Å². The van der Waals surface area contributed by atoms with Crippen molar-refractivity contribution in [2.45, 2.75) is 6.42 Å². The van der Waals surface area contributed by atoms with Crippen LogP contribution in [-0.2, 0) is 14.8 Å². The first-order valence-corrected chi connectivity index (χ1v) is 1.79. The summed E-state index contributed by atoms with van der Waals surface area (Å²) in [5, 5.41) is 17.7. The van der Waals surface area contributed by atoms with E-state index in [1.807, 2.05) is 0 Å². The van der Waals surface area contributed by atoms with Gasteiger partial charge in [0, 0.05) is 0 Å². The fourth-order valence-corrected chi connectivity index (χ4v) is 0.146. The van der Waals surface area contributed by atoms with Crippen LogP contribution in [0, 0.1) is 5.21 Å². The van der Waals surface area contributed by atoms with Crippen molar-refractivity contribution in [2.75, 3.05) is 0 Å². The zero-order chi connectivity index (χ0) is 6.57. The monoisotopic (exact) mass is 117 g/mol. The van der Waals surface area contributed by atoms with E-state index in [2.05, 4.69) is 0 Å². The summed E-state index contributed by atoms with van der Waals surface area (Å²) >= 11 is 0. The van der Waals surface area contributed by atoms with Crippen LogP contribution in [-0.4, -0.2) is 17.4 Å². The second kappa shape index (κ2) is 3.11. The molecule has 0 N–H and O–H groups in total. The molecule has 0 aliphatic heterocycles. The number of carbonyl (C=O) groups excluding carboxylic acids is 2. The predicted octanol–water partition coefficient (Wildman–Crippen LogP) is -0.753. The van der Waals surface area contributed by atoms with Gasteiger partial charge in [0.05, 0.1) is 6.42 Å². The molecule has 45 valence electrons. The maximum atomic E-state index is 9.81. The van der Waals surface area contributed by atoms with Crippen LogP contribution in [0.5, 0.6) is 0 Å². The summed E-state index contributed by atoms with van der Waals surface area (Å²) < 4.78 is 0. The minimum atomic E-state index is -1.26. The molecule has 5 heteroatoms. The number of rotatable bonds is 2. The normalized spacial score (nSPS) is 8.25. The molecule has 0 heterocycles. The molecule has 1 radical (unpaired) electrons. The lowest BCUT2D eigenvalue weighted by molar-refractivity contribution is -0.170. The molecular weight excluding hydrogens is 114 g/mol. The lowest BCUT2D eigenvalue weighted by atomic mass is 10.5. The van der Waals surface area contributed by atoms with Gasteiger partial charge in [-0.25, -0.2) is 0 Å².